The second-order valence-corrected chi connectivity index (χ2v) is 7.87. The highest BCUT2D eigenvalue weighted by Gasteiger charge is 2.13. The third-order valence-corrected chi connectivity index (χ3v) is 4.05. The Bertz CT molecular complexity index is 828. The van der Waals surface area contributed by atoms with E-state index in [1.54, 1.807) is 30.3 Å². The fourth-order valence-electron chi connectivity index (χ4n) is 2.57. The Balaban J connectivity index is 2.08. The first-order chi connectivity index (χ1) is 12.7. The molecule has 0 aliphatic rings. The van der Waals surface area contributed by atoms with Gasteiger partial charge in [0.15, 0.2) is 0 Å². The number of carbonyl (C=O) groups excluding carboxylic acids is 2. The summed E-state index contributed by atoms with van der Waals surface area (Å²) in [6.45, 7) is 10.3. The number of carbonyl (C=O) groups is 2. The minimum absolute atomic E-state index is 0.0252. The highest BCUT2D eigenvalue weighted by Crippen LogP contribution is 2.22. The van der Waals surface area contributed by atoms with Crippen molar-refractivity contribution in [3.05, 3.63) is 71.3 Å². The summed E-state index contributed by atoms with van der Waals surface area (Å²) in [5.41, 5.74) is 3.23. The number of rotatable bonds is 5. The van der Waals surface area contributed by atoms with Crippen LogP contribution >= 0.6 is 0 Å². The number of amides is 2. The lowest BCUT2D eigenvalue weighted by Gasteiger charge is -2.18. The van der Waals surface area contributed by atoms with Gasteiger partial charge in [0.1, 0.15) is 0 Å². The molecule has 0 aliphatic heterocycles. The summed E-state index contributed by atoms with van der Waals surface area (Å²) in [6.07, 6.45) is 3.24. The van der Waals surface area contributed by atoms with Gasteiger partial charge in [0.05, 0.1) is 11.3 Å². The maximum atomic E-state index is 12.3. The summed E-state index contributed by atoms with van der Waals surface area (Å²) in [5.74, 6) is -0.484. The summed E-state index contributed by atoms with van der Waals surface area (Å²) in [5, 5.41) is 5.62. The molecule has 2 aromatic carbocycles. The van der Waals surface area contributed by atoms with Gasteiger partial charge < -0.3 is 10.6 Å². The van der Waals surface area contributed by atoms with Crippen molar-refractivity contribution >= 4 is 23.6 Å². The number of para-hydroxylation sites is 1. The molecule has 2 N–H and O–H groups in total. The van der Waals surface area contributed by atoms with Gasteiger partial charge in [-0.25, -0.2) is 0 Å². The van der Waals surface area contributed by atoms with E-state index in [1.807, 2.05) is 26.0 Å². The van der Waals surface area contributed by atoms with E-state index in [0.29, 0.717) is 11.3 Å². The average Bonchev–Trinajstić information content (AvgIpc) is 2.59. The zero-order chi connectivity index (χ0) is 20.0. The Labute approximate surface area is 161 Å². The van der Waals surface area contributed by atoms with Crippen LogP contribution in [0, 0.1) is 0 Å². The Morgan fingerprint density at radius 2 is 1.59 bits per heavy atom. The predicted molar refractivity (Wildman–Crippen MR) is 112 cm³/mol. The molecule has 0 radical (unpaired) electrons. The standard InChI is InChI=1S/C23H28N2O2/c1-16(2)24-22(27)19-8-6-7-9-20(19)25-21(26)15-12-17-10-13-18(14-11-17)23(3,4)5/h6-16H,1-5H3,(H,24,27)(H,25,26). The molecule has 0 spiro atoms. The molecule has 0 aromatic heterocycles. The number of anilines is 1. The summed E-state index contributed by atoms with van der Waals surface area (Å²) < 4.78 is 0. The topological polar surface area (TPSA) is 58.2 Å². The quantitative estimate of drug-likeness (QED) is 0.751. The zero-order valence-corrected chi connectivity index (χ0v) is 16.7. The molecule has 2 rings (SSSR count). The van der Waals surface area contributed by atoms with Gasteiger partial charge in [-0.05, 0) is 48.6 Å². The van der Waals surface area contributed by atoms with Crippen LogP contribution in [0.2, 0.25) is 0 Å². The van der Waals surface area contributed by atoms with Crippen LogP contribution in [0.25, 0.3) is 6.08 Å². The van der Waals surface area contributed by atoms with Crippen LogP contribution in [0.15, 0.2) is 54.6 Å². The van der Waals surface area contributed by atoms with E-state index in [9.17, 15) is 9.59 Å². The van der Waals surface area contributed by atoms with Gasteiger partial charge in [-0.1, -0.05) is 57.2 Å². The van der Waals surface area contributed by atoms with Crippen LogP contribution in [0.3, 0.4) is 0 Å². The predicted octanol–water partition coefficient (Wildman–Crippen LogP) is 4.77. The molecule has 27 heavy (non-hydrogen) atoms. The largest absolute Gasteiger partial charge is 0.350 e. The molecule has 0 unspecified atom stereocenters. The zero-order valence-electron chi connectivity index (χ0n) is 16.7. The van der Waals surface area contributed by atoms with Gasteiger partial charge in [0.25, 0.3) is 5.91 Å². The Morgan fingerprint density at radius 3 is 2.19 bits per heavy atom. The van der Waals surface area contributed by atoms with Gasteiger partial charge in [-0.2, -0.15) is 0 Å². The smallest absolute Gasteiger partial charge is 0.253 e. The van der Waals surface area contributed by atoms with Crippen LogP contribution in [0.4, 0.5) is 5.69 Å². The van der Waals surface area contributed by atoms with Crippen LogP contribution in [0.1, 0.15) is 56.1 Å². The second-order valence-electron chi connectivity index (χ2n) is 7.87. The number of nitrogens with one attached hydrogen (secondary N) is 2. The number of hydrogen-bond acceptors (Lipinski definition) is 2. The van der Waals surface area contributed by atoms with Crippen LogP contribution in [-0.2, 0) is 10.2 Å². The molecule has 2 amide bonds. The monoisotopic (exact) mass is 364 g/mol. The first-order valence-corrected chi connectivity index (χ1v) is 9.16. The van der Waals surface area contributed by atoms with Crippen molar-refractivity contribution in [1.82, 2.24) is 5.32 Å². The molecule has 0 bridgehead atoms. The lowest BCUT2D eigenvalue weighted by molar-refractivity contribution is -0.111. The van der Waals surface area contributed by atoms with E-state index in [-0.39, 0.29) is 23.3 Å². The second kappa shape index (κ2) is 8.67. The summed E-state index contributed by atoms with van der Waals surface area (Å²) in [7, 11) is 0. The molecule has 4 heteroatoms. The van der Waals surface area contributed by atoms with E-state index < -0.39 is 0 Å². The van der Waals surface area contributed by atoms with E-state index in [4.69, 9.17) is 0 Å². The molecule has 0 saturated heterocycles. The molecule has 4 nitrogen and oxygen atoms in total. The van der Waals surface area contributed by atoms with Crippen LogP contribution < -0.4 is 10.6 Å². The van der Waals surface area contributed by atoms with E-state index in [0.717, 1.165) is 5.56 Å². The van der Waals surface area contributed by atoms with Gasteiger partial charge in [0, 0.05) is 12.1 Å². The maximum absolute atomic E-state index is 12.3. The van der Waals surface area contributed by atoms with Gasteiger partial charge in [-0.15, -0.1) is 0 Å². The van der Waals surface area contributed by atoms with Crippen molar-refractivity contribution in [3.8, 4) is 0 Å². The van der Waals surface area contributed by atoms with Crippen molar-refractivity contribution in [2.75, 3.05) is 5.32 Å². The highest BCUT2D eigenvalue weighted by atomic mass is 16.2. The lowest BCUT2D eigenvalue weighted by Crippen LogP contribution is -2.30. The SMILES string of the molecule is CC(C)NC(=O)c1ccccc1NC(=O)C=Cc1ccc(C(C)(C)C)cc1. The molecular formula is C23H28N2O2. The molecule has 0 heterocycles. The fraction of sp³-hybridized carbons (Fsp3) is 0.304. The van der Waals surface area contributed by atoms with E-state index in [2.05, 4.69) is 43.5 Å². The molecular weight excluding hydrogens is 336 g/mol. The Morgan fingerprint density at radius 1 is 0.963 bits per heavy atom. The van der Waals surface area contributed by atoms with E-state index >= 15 is 0 Å². The molecule has 2 aromatic rings. The molecule has 0 fully saturated rings. The minimum Gasteiger partial charge on any atom is -0.350 e. The maximum Gasteiger partial charge on any atom is 0.253 e. The summed E-state index contributed by atoms with van der Waals surface area (Å²) in [4.78, 5) is 24.5. The average molecular weight is 364 g/mol. The van der Waals surface area contributed by atoms with Crippen molar-refractivity contribution in [1.29, 1.82) is 0 Å². The van der Waals surface area contributed by atoms with Crippen molar-refractivity contribution in [3.63, 3.8) is 0 Å². The van der Waals surface area contributed by atoms with Crippen LogP contribution in [0.5, 0.6) is 0 Å². The summed E-state index contributed by atoms with van der Waals surface area (Å²) >= 11 is 0. The van der Waals surface area contributed by atoms with Gasteiger partial charge in [0.2, 0.25) is 5.91 Å². The Hall–Kier alpha value is -2.88. The number of benzene rings is 2. The Kier molecular flexibility index (Phi) is 6.56. The lowest BCUT2D eigenvalue weighted by atomic mass is 9.87. The molecule has 0 aliphatic carbocycles. The van der Waals surface area contributed by atoms with Crippen molar-refractivity contribution < 1.29 is 9.59 Å². The van der Waals surface area contributed by atoms with Gasteiger partial charge in [-0.3, -0.25) is 9.59 Å². The van der Waals surface area contributed by atoms with E-state index in [1.165, 1.54) is 11.6 Å². The fourth-order valence-corrected chi connectivity index (χ4v) is 2.57. The first kappa shape index (κ1) is 20.4. The minimum atomic E-state index is -0.278. The van der Waals surface area contributed by atoms with Crippen molar-refractivity contribution in [2.45, 2.75) is 46.1 Å². The molecule has 0 saturated carbocycles. The van der Waals surface area contributed by atoms with Crippen LogP contribution in [-0.4, -0.2) is 17.9 Å². The molecule has 142 valence electrons. The normalized spacial score (nSPS) is 11.6. The third kappa shape index (κ3) is 6.10. The van der Waals surface area contributed by atoms with Gasteiger partial charge >= 0.3 is 0 Å². The first-order valence-electron chi connectivity index (χ1n) is 9.16. The number of hydrogen-bond donors (Lipinski definition) is 2. The third-order valence-electron chi connectivity index (χ3n) is 4.05. The molecule has 0 atom stereocenters. The highest BCUT2D eigenvalue weighted by molar-refractivity contribution is 6.07. The van der Waals surface area contributed by atoms with Crippen molar-refractivity contribution in [2.24, 2.45) is 0 Å². The summed E-state index contributed by atoms with van der Waals surface area (Å²) in [6, 6.07) is 15.1.